The molecule has 0 bridgehead atoms. The van der Waals surface area contributed by atoms with E-state index in [1.807, 2.05) is 12.1 Å². The fraction of sp³-hybridized carbons (Fsp3) is 0.0556. The number of thiocarbonyl (C=S) groups is 1. The lowest BCUT2D eigenvalue weighted by atomic mass is 10.2. The molecule has 2 aromatic rings. The van der Waals surface area contributed by atoms with E-state index in [0.717, 1.165) is 11.3 Å². The van der Waals surface area contributed by atoms with E-state index >= 15 is 0 Å². The smallest absolute Gasteiger partial charge is 0.250 e. The monoisotopic (exact) mass is 355 g/mol. The summed E-state index contributed by atoms with van der Waals surface area (Å²) in [7, 11) is 1.59. The minimum Gasteiger partial charge on any atom is -0.497 e. The van der Waals surface area contributed by atoms with Crippen LogP contribution in [0.2, 0.25) is 0 Å². The molecule has 0 unspecified atom stereocenters. The van der Waals surface area contributed by atoms with Gasteiger partial charge in [0, 0.05) is 17.3 Å². The molecule has 0 aliphatic heterocycles. The summed E-state index contributed by atoms with van der Waals surface area (Å²) in [6.45, 7) is 0. The van der Waals surface area contributed by atoms with E-state index < -0.39 is 5.91 Å². The second kappa shape index (κ2) is 8.60. The SMILES string of the molecule is COc1ccc(/C=C/C(=O)NC(=S)Nc2cccc(C(N)=O)c2)cc1. The van der Waals surface area contributed by atoms with E-state index in [0.29, 0.717) is 11.3 Å². The van der Waals surface area contributed by atoms with Crippen molar-refractivity contribution in [2.24, 2.45) is 5.73 Å². The average molecular weight is 355 g/mol. The molecule has 0 aromatic heterocycles. The highest BCUT2D eigenvalue weighted by atomic mass is 32.1. The highest BCUT2D eigenvalue weighted by Gasteiger charge is 2.04. The van der Waals surface area contributed by atoms with Crippen LogP contribution in [0.3, 0.4) is 0 Å². The zero-order valence-corrected chi connectivity index (χ0v) is 14.3. The van der Waals surface area contributed by atoms with Crippen LogP contribution in [-0.2, 0) is 4.79 Å². The van der Waals surface area contributed by atoms with Crippen molar-refractivity contribution in [3.63, 3.8) is 0 Å². The number of methoxy groups -OCH3 is 1. The number of ether oxygens (including phenoxy) is 1. The number of hydrogen-bond donors (Lipinski definition) is 3. The van der Waals surface area contributed by atoms with Crippen molar-refractivity contribution in [3.05, 3.63) is 65.7 Å². The van der Waals surface area contributed by atoms with Gasteiger partial charge in [-0.2, -0.15) is 0 Å². The van der Waals surface area contributed by atoms with E-state index in [1.54, 1.807) is 49.6 Å². The lowest BCUT2D eigenvalue weighted by Gasteiger charge is -2.08. The molecule has 6 nitrogen and oxygen atoms in total. The molecule has 128 valence electrons. The third kappa shape index (κ3) is 5.74. The molecule has 7 heteroatoms. The summed E-state index contributed by atoms with van der Waals surface area (Å²) in [4.78, 5) is 23.0. The van der Waals surface area contributed by atoms with Gasteiger partial charge in [0.15, 0.2) is 5.11 Å². The standard InChI is InChI=1S/C18H17N3O3S/c1-24-15-8-5-12(6-9-15)7-10-16(22)21-18(25)20-14-4-2-3-13(11-14)17(19)23/h2-11H,1H3,(H2,19,23)(H2,20,21,22,25)/b10-7+. The molecular weight excluding hydrogens is 338 g/mol. The molecule has 2 rings (SSSR count). The maximum Gasteiger partial charge on any atom is 0.250 e. The topological polar surface area (TPSA) is 93.4 Å². The maximum atomic E-state index is 11.9. The van der Waals surface area contributed by atoms with Gasteiger partial charge in [-0.1, -0.05) is 18.2 Å². The van der Waals surface area contributed by atoms with Crippen molar-refractivity contribution < 1.29 is 14.3 Å². The summed E-state index contributed by atoms with van der Waals surface area (Å²) < 4.78 is 5.07. The first-order valence-electron chi connectivity index (χ1n) is 7.32. The van der Waals surface area contributed by atoms with Crippen molar-refractivity contribution in [3.8, 4) is 5.75 Å². The lowest BCUT2D eigenvalue weighted by molar-refractivity contribution is -0.115. The number of carbonyl (C=O) groups excluding carboxylic acids is 2. The molecule has 0 spiro atoms. The molecule has 0 radical (unpaired) electrons. The second-order valence-corrected chi connectivity index (χ2v) is 5.40. The number of hydrogen-bond acceptors (Lipinski definition) is 4. The van der Waals surface area contributed by atoms with E-state index in [4.69, 9.17) is 22.7 Å². The molecule has 4 N–H and O–H groups in total. The van der Waals surface area contributed by atoms with Gasteiger partial charge in [0.1, 0.15) is 5.75 Å². The zero-order chi connectivity index (χ0) is 18.2. The first-order valence-corrected chi connectivity index (χ1v) is 7.73. The van der Waals surface area contributed by atoms with Crippen LogP contribution < -0.4 is 21.1 Å². The summed E-state index contributed by atoms with van der Waals surface area (Å²) in [5, 5.41) is 5.46. The van der Waals surface area contributed by atoms with Gasteiger partial charge in [-0.25, -0.2) is 0 Å². The third-order valence-electron chi connectivity index (χ3n) is 3.18. The first kappa shape index (κ1) is 18.2. The predicted molar refractivity (Wildman–Crippen MR) is 101 cm³/mol. The molecular formula is C18H17N3O3S. The molecule has 0 fully saturated rings. The first-order chi connectivity index (χ1) is 12.0. The number of benzene rings is 2. The summed E-state index contributed by atoms with van der Waals surface area (Å²) in [6, 6.07) is 13.8. The van der Waals surface area contributed by atoms with Crippen molar-refractivity contribution in [1.29, 1.82) is 0 Å². The van der Waals surface area contributed by atoms with Gasteiger partial charge in [-0.3, -0.25) is 14.9 Å². The average Bonchev–Trinajstić information content (AvgIpc) is 2.60. The van der Waals surface area contributed by atoms with E-state index in [9.17, 15) is 9.59 Å². The Bertz CT molecular complexity index is 817. The van der Waals surface area contributed by atoms with Crippen LogP contribution in [0.25, 0.3) is 6.08 Å². The van der Waals surface area contributed by atoms with Crippen LogP contribution in [0, 0.1) is 0 Å². The summed E-state index contributed by atoms with van der Waals surface area (Å²) in [5.74, 6) is -0.175. The summed E-state index contributed by atoms with van der Waals surface area (Å²) in [6.07, 6.45) is 3.03. The summed E-state index contributed by atoms with van der Waals surface area (Å²) in [5.41, 5.74) is 6.97. The number of nitrogens with one attached hydrogen (secondary N) is 2. The van der Waals surface area contributed by atoms with Crippen LogP contribution in [0.4, 0.5) is 5.69 Å². The second-order valence-electron chi connectivity index (χ2n) is 4.99. The van der Waals surface area contributed by atoms with E-state index in [2.05, 4.69) is 10.6 Å². The van der Waals surface area contributed by atoms with Gasteiger partial charge < -0.3 is 15.8 Å². The van der Waals surface area contributed by atoms with Crippen LogP contribution in [0.1, 0.15) is 15.9 Å². The Morgan fingerprint density at radius 1 is 1.16 bits per heavy atom. The van der Waals surface area contributed by atoms with Gasteiger partial charge in [0.2, 0.25) is 11.8 Å². The maximum absolute atomic E-state index is 11.9. The van der Waals surface area contributed by atoms with Crippen LogP contribution in [-0.4, -0.2) is 24.0 Å². The minimum atomic E-state index is -0.541. The highest BCUT2D eigenvalue weighted by molar-refractivity contribution is 7.80. The van der Waals surface area contributed by atoms with Gasteiger partial charge in [-0.05, 0) is 54.2 Å². The van der Waals surface area contributed by atoms with E-state index in [-0.39, 0.29) is 11.0 Å². The Morgan fingerprint density at radius 2 is 1.88 bits per heavy atom. The van der Waals surface area contributed by atoms with Crippen molar-refractivity contribution >= 4 is 40.9 Å². The molecule has 0 saturated heterocycles. The highest BCUT2D eigenvalue weighted by Crippen LogP contribution is 2.12. The molecule has 0 heterocycles. The van der Waals surface area contributed by atoms with Crippen molar-refractivity contribution in [2.75, 3.05) is 12.4 Å². The molecule has 25 heavy (non-hydrogen) atoms. The number of primary amides is 1. The normalized spacial score (nSPS) is 10.3. The largest absolute Gasteiger partial charge is 0.497 e. The molecule has 0 atom stereocenters. The number of nitrogens with two attached hydrogens (primary N) is 1. The van der Waals surface area contributed by atoms with Gasteiger partial charge in [-0.15, -0.1) is 0 Å². The minimum absolute atomic E-state index is 0.117. The van der Waals surface area contributed by atoms with Crippen LogP contribution >= 0.6 is 12.2 Å². The van der Waals surface area contributed by atoms with Gasteiger partial charge in [0.25, 0.3) is 0 Å². The molecule has 2 aromatic carbocycles. The number of anilines is 1. The lowest BCUT2D eigenvalue weighted by Crippen LogP contribution is -2.32. The van der Waals surface area contributed by atoms with E-state index in [1.165, 1.54) is 6.08 Å². The van der Waals surface area contributed by atoms with Crippen molar-refractivity contribution in [2.45, 2.75) is 0 Å². The van der Waals surface area contributed by atoms with Gasteiger partial charge >= 0.3 is 0 Å². The molecule has 2 amide bonds. The fourth-order valence-electron chi connectivity index (χ4n) is 1.95. The Hall–Kier alpha value is -3.19. The number of amides is 2. The molecule has 0 aliphatic carbocycles. The fourth-order valence-corrected chi connectivity index (χ4v) is 2.17. The van der Waals surface area contributed by atoms with Crippen LogP contribution in [0.5, 0.6) is 5.75 Å². The Balaban J connectivity index is 1.91. The third-order valence-corrected chi connectivity index (χ3v) is 3.39. The molecule has 0 aliphatic rings. The Morgan fingerprint density at radius 3 is 2.52 bits per heavy atom. The quantitative estimate of drug-likeness (QED) is 0.565. The molecule has 0 saturated carbocycles. The number of carbonyl (C=O) groups is 2. The summed E-state index contributed by atoms with van der Waals surface area (Å²) >= 11 is 5.08. The Labute approximate surface area is 150 Å². The zero-order valence-electron chi connectivity index (χ0n) is 13.5. The van der Waals surface area contributed by atoms with Crippen molar-refractivity contribution in [1.82, 2.24) is 5.32 Å². The van der Waals surface area contributed by atoms with Crippen LogP contribution in [0.15, 0.2) is 54.6 Å². The van der Waals surface area contributed by atoms with Gasteiger partial charge in [0.05, 0.1) is 7.11 Å². The predicted octanol–water partition coefficient (Wildman–Crippen LogP) is 2.32. The number of rotatable bonds is 5. The Kier molecular flexibility index (Phi) is 6.25.